The van der Waals surface area contributed by atoms with Gasteiger partial charge in [0.1, 0.15) is 4.91 Å². The molecule has 2 aliphatic heterocycles. The van der Waals surface area contributed by atoms with Crippen LogP contribution in [0.25, 0.3) is 0 Å². The molecule has 5 rings (SSSR count). The summed E-state index contributed by atoms with van der Waals surface area (Å²) in [4.78, 5) is 28.1. The third kappa shape index (κ3) is 3.51. The van der Waals surface area contributed by atoms with Crippen LogP contribution in [0, 0.1) is 0 Å². The number of fused-ring (bicyclic) bond motifs is 1. The molecule has 3 aromatic rings. The molecule has 0 bridgehead atoms. The van der Waals surface area contributed by atoms with E-state index in [1.54, 1.807) is 29.1 Å². The number of amides is 1. The summed E-state index contributed by atoms with van der Waals surface area (Å²) in [5.41, 5.74) is 2.96. The second-order valence-corrected chi connectivity index (χ2v) is 8.85. The Bertz CT molecular complexity index is 1160. The minimum Gasteiger partial charge on any atom is -0.337 e. The van der Waals surface area contributed by atoms with Crippen molar-refractivity contribution in [2.75, 3.05) is 11.9 Å². The van der Waals surface area contributed by atoms with Crippen LogP contribution in [0.5, 0.6) is 0 Å². The fourth-order valence-corrected chi connectivity index (χ4v) is 5.70. The highest BCUT2D eigenvalue weighted by atomic mass is 32.2. The van der Waals surface area contributed by atoms with E-state index < -0.39 is 0 Å². The molecule has 0 spiro atoms. The average molecular weight is 431 g/mol. The molecule has 0 aliphatic carbocycles. The van der Waals surface area contributed by atoms with Gasteiger partial charge in [0.05, 0.1) is 22.9 Å². The Morgan fingerprint density at radius 1 is 0.933 bits per heavy atom. The van der Waals surface area contributed by atoms with E-state index >= 15 is 0 Å². The van der Waals surface area contributed by atoms with Crippen LogP contribution in [0.3, 0.4) is 0 Å². The predicted octanol–water partition coefficient (Wildman–Crippen LogP) is 5.26. The molecule has 148 valence electrons. The molecule has 0 radical (unpaired) electrons. The number of hydrogen-bond acceptors (Lipinski definition) is 6. The predicted molar refractivity (Wildman–Crippen MR) is 124 cm³/mol. The molecule has 0 N–H and O–H groups in total. The smallest absolute Gasteiger partial charge is 0.269 e. The maximum atomic E-state index is 13.5. The van der Waals surface area contributed by atoms with Gasteiger partial charge in [-0.1, -0.05) is 54.2 Å². The van der Waals surface area contributed by atoms with Crippen molar-refractivity contribution in [3.63, 3.8) is 0 Å². The first-order chi connectivity index (χ1) is 14.7. The summed E-state index contributed by atoms with van der Waals surface area (Å²) in [6.45, 7) is 0.481. The lowest BCUT2D eigenvalue weighted by Crippen LogP contribution is -2.29. The first-order valence-electron chi connectivity index (χ1n) is 9.48. The van der Waals surface area contributed by atoms with Crippen molar-refractivity contribution in [2.24, 2.45) is 4.99 Å². The summed E-state index contributed by atoms with van der Waals surface area (Å²) >= 11 is 3.07. The molecule has 1 amide bonds. The Kier molecular flexibility index (Phi) is 5.06. The van der Waals surface area contributed by atoms with Gasteiger partial charge in [0, 0.05) is 24.3 Å². The number of rotatable bonds is 3. The topological polar surface area (TPSA) is 48.8 Å². The van der Waals surface area contributed by atoms with Crippen LogP contribution < -0.4 is 4.90 Å². The molecule has 1 saturated heterocycles. The highest BCUT2D eigenvalue weighted by Gasteiger charge is 2.39. The van der Waals surface area contributed by atoms with Crippen LogP contribution >= 0.6 is 23.5 Å². The fourth-order valence-electron chi connectivity index (χ4n) is 3.35. The van der Waals surface area contributed by atoms with Crippen LogP contribution in [0.15, 0.2) is 98.9 Å². The number of nitrogens with zero attached hydrogens (tertiary/aromatic N) is 4. The lowest BCUT2D eigenvalue weighted by atomic mass is 10.2. The first-order valence-corrected chi connectivity index (χ1v) is 11.1. The second kappa shape index (κ2) is 8.01. The molecule has 30 heavy (non-hydrogen) atoms. The van der Waals surface area contributed by atoms with E-state index in [9.17, 15) is 4.79 Å². The zero-order valence-electron chi connectivity index (χ0n) is 16.2. The van der Waals surface area contributed by atoms with Gasteiger partial charge in [-0.3, -0.25) is 14.7 Å². The largest absolute Gasteiger partial charge is 0.337 e. The summed E-state index contributed by atoms with van der Waals surface area (Å²) in [6.07, 6.45) is 3.41. The number of amidine groups is 1. The Labute approximate surface area is 183 Å². The van der Waals surface area contributed by atoms with Crippen LogP contribution in [-0.2, 0) is 11.3 Å². The van der Waals surface area contributed by atoms with Crippen molar-refractivity contribution in [3.8, 4) is 0 Å². The summed E-state index contributed by atoms with van der Waals surface area (Å²) < 4.78 is 0. The van der Waals surface area contributed by atoms with Crippen LogP contribution in [0.4, 0.5) is 11.4 Å². The maximum absolute atomic E-state index is 13.5. The van der Waals surface area contributed by atoms with Crippen molar-refractivity contribution < 1.29 is 4.79 Å². The molecule has 2 aliphatic rings. The van der Waals surface area contributed by atoms with Gasteiger partial charge in [-0.2, -0.15) is 0 Å². The normalized spacial score (nSPS) is 19.6. The van der Waals surface area contributed by atoms with Gasteiger partial charge < -0.3 is 4.90 Å². The van der Waals surface area contributed by atoms with Gasteiger partial charge in [0.25, 0.3) is 5.91 Å². The zero-order chi connectivity index (χ0) is 20.5. The van der Waals surface area contributed by atoms with E-state index in [0.717, 1.165) is 26.9 Å². The van der Waals surface area contributed by atoms with Crippen molar-refractivity contribution in [1.82, 2.24) is 9.88 Å². The van der Waals surface area contributed by atoms with Crippen LogP contribution in [0.2, 0.25) is 0 Å². The van der Waals surface area contributed by atoms with E-state index in [-0.39, 0.29) is 5.91 Å². The third-order valence-electron chi connectivity index (χ3n) is 4.87. The van der Waals surface area contributed by atoms with Crippen molar-refractivity contribution in [2.45, 2.75) is 11.4 Å². The van der Waals surface area contributed by atoms with E-state index in [2.05, 4.69) is 22.0 Å². The molecule has 1 fully saturated rings. The number of carbonyl (C=O) groups excluding carboxylic acids is 1. The van der Waals surface area contributed by atoms with Gasteiger partial charge in [0.15, 0.2) is 5.17 Å². The Hall–Kier alpha value is -3.03. The lowest BCUT2D eigenvalue weighted by Gasteiger charge is -2.16. The number of aromatic nitrogens is 1. The zero-order valence-corrected chi connectivity index (χ0v) is 17.9. The summed E-state index contributed by atoms with van der Waals surface area (Å²) in [6, 6.07) is 21.9. The molecule has 2 aromatic carbocycles. The van der Waals surface area contributed by atoms with Gasteiger partial charge in [0.2, 0.25) is 0 Å². The highest BCUT2D eigenvalue weighted by Crippen LogP contribution is 2.50. The standard InChI is InChI=1S/C23H18N4OS2/c1-26-18-9-5-6-10-19(18)29-22(26)20-21(28)27(15-16-7-3-2-4-8-16)23(30-20)25-17-11-13-24-14-12-17/h2-14H,15H2,1H3/b22-20+,25-23?. The van der Waals surface area contributed by atoms with E-state index in [1.807, 2.05) is 61.6 Å². The SMILES string of the molecule is CN1/C(=C2\SC(=Nc3ccncc3)N(Cc3ccccc3)C2=O)Sc2ccccc21. The molecule has 0 saturated carbocycles. The second-order valence-electron chi connectivity index (χ2n) is 6.84. The lowest BCUT2D eigenvalue weighted by molar-refractivity contribution is -0.122. The third-order valence-corrected chi connectivity index (χ3v) is 7.30. The van der Waals surface area contributed by atoms with Crippen molar-refractivity contribution in [1.29, 1.82) is 0 Å². The Balaban J connectivity index is 1.55. The minimum absolute atomic E-state index is 0.0150. The summed E-state index contributed by atoms with van der Waals surface area (Å²) in [7, 11) is 2.01. The molecule has 3 heterocycles. The number of para-hydroxylation sites is 1. The van der Waals surface area contributed by atoms with E-state index in [0.29, 0.717) is 16.6 Å². The van der Waals surface area contributed by atoms with Crippen LogP contribution in [0.1, 0.15) is 5.56 Å². The highest BCUT2D eigenvalue weighted by molar-refractivity contribution is 8.19. The molecular formula is C23H18N4OS2. The van der Waals surface area contributed by atoms with Crippen molar-refractivity contribution in [3.05, 3.63) is 94.6 Å². The Morgan fingerprint density at radius 2 is 1.67 bits per heavy atom. The monoisotopic (exact) mass is 430 g/mol. The number of hydrogen-bond donors (Lipinski definition) is 0. The van der Waals surface area contributed by atoms with Gasteiger partial charge in [-0.05, 0) is 41.6 Å². The molecule has 0 unspecified atom stereocenters. The molecule has 0 atom stereocenters. The van der Waals surface area contributed by atoms with E-state index in [4.69, 9.17) is 4.99 Å². The molecule has 5 nitrogen and oxygen atoms in total. The number of carbonyl (C=O) groups is 1. The van der Waals surface area contributed by atoms with Gasteiger partial charge in [-0.25, -0.2) is 4.99 Å². The number of anilines is 1. The molecule has 7 heteroatoms. The number of pyridine rings is 1. The number of thioether (sulfide) groups is 2. The van der Waals surface area contributed by atoms with Crippen molar-refractivity contribution >= 4 is 46.0 Å². The maximum Gasteiger partial charge on any atom is 0.269 e. The summed E-state index contributed by atoms with van der Waals surface area (Å²) in [5.74, 6) is -0.0150. The van der Waals surface area contributed by atoms with Crippen LogP contribution in [-0.4, -0.2) is 28.0 Å². The minimum atomic E-state index is -0.0150. The quantitative estimate of drug-likeness (QED) is 0.531. The van der Waals surface area contributed by atoms with Gasteiger partial charge >= 0.3 is 0 Å². The van der Waals surface area contributed by atoms with E-state index in [1.165, 1.54) is 11.8 Å². The van der Waals surface area contributed by atoms with Gasteiger partial charge in [-0.15, -0.1) is 0 Å². The first kappa shape index (κ1) is 19.0. The Morgan fingerprint density at radius 3 is 2.43 bits per heavy atom. The molecular weight excluding hydrogens is 412 g/mol. The fraction of sp³-hybridized carbons (Fsp3) is 0.0870. The number of aliphatic imine (C=N–C) groups is 1. The average Bonchev–Trinajstić information content (AvgIpc) is 3.27. The summed E-state index contributed by atoms with van der Waals surface area (Å²) in [5, 5.41) is 1.63. The molecule has 1 aromatic heterocycles. The number of benzene rings is 2.